The molecule has 318 valence electrons. The van der Waals surface area contributed by atoms with E-state index in [-0.39, 0.29) is 36.7 Å². The number of hydrogen-bond acceptors (Lipinski definition) is 13. The van der Waals surface area contributed by atoms with Crippen LogP contribution in [0.5, 0.6) is 0 Å². The minimum Gasteiger partial charge on any atom is -0.371 e. The van der Waals surface area contributed by atoms with Crippen molar-refractivity contribution >= 4 is 63.6 Å². The lowest BCUT2D eigenvalue weighted by Gasteiger charge is -2.40. The summed E-state index contributed by atoms with van der Waals surface area (Å²) in [7, 11) is 0. The number of rotatable bonds is 10. The number of amides is 5. The zero-order valence-corrected chi connectivity index (χ0v) is 34.5. The highest BCUT2D eigenvalue weighted by Crippen LogP contribution is 2.37. The lowest BCUT2D eigenvalue weighted by atomic mass is 9.86. The second-order valence-corrected chi connectivity index (χ2v) is 17.0. The Bertz CT molecular complexity index is 2570. The van der Waals surface area contributed by atoms with Crippen LogP contribution in [0.1, 0.15) is 81.5 Å². The summed E-state index contributed by atoms with van der Waals surface area (Å²) in [6.07, 6.45) is 7.12. The highest BCUT2D eigenvalue weighted by molar-refractivity contribution is 6.25. The van der Waals surface area contributed by atoms with Crippen LogP contribution in [0.25, 0.3) is 11.2 Å². The zero-order chi connectivity index (χ0) is 42.5. The average molecular weight is 837 g/mol. The number of nitrogens with one attached hydrogen (secondary N) is 3. The fourth-order valence-electron chi connectivity index (χ4n) is 9.64. The molecule has 2 aromatic carbocycles. The molecule has 3 N–H and O–H groups in total. The van der Waals surface area contributed by atoms with Crippen molar-refractivity contribution in [1.29, 1.82) is 0 Å². The molecule has 17 nitrogen and oxygen atoms in total. The van der Waals surface area contributed by atoms with Crippen molar-refractivity contribution in [3.8, 4) is 0 Å². The third-order valence-corrected chi connectivity index (χ3v) is 13.1. The van der Waals surface area contributed by atoms with Gasteiger partial charge in [0, 0.05) is 81.4 Å². The topological polar surface area (TPSA) is 191 Å². The fourth-order valence-corrected chi connectivity index (χ4v) is 9.64. The summed E-state index contributed by atoms with van der Waals surface area (Å²) in [6, 6.07) is 18.5. The van der Waals surface area contributed by atoms with Gasteiger partial charge in [0.25, 0.3) is 17.7 Å². The summed E-state index contributed by atoms with van der Waals surface area (Å²) in [4.78, 5) is 90.3. The van der Waals surface area contributed by atoms with E-state index in [1.54, 1.807) is 24.5 Å². The number of pyridine rings is 1. The summed E-state index contributed by atoms with van der Waals surface area (Å²) in [5, 5.41) is 8.81. The molecule has 4 aliphatic heterocycles. The minimum atomic E-state index is -0.977. The van der Waals surface area contributed by atoms with Crippen LogP contribution in [0.15, 0.2) is 73.3 Å². The van der Waals surface area contributed by atoms with E-state index in [0.717, 1.165) is 99.1 Å². The number of aryl methyl sites for hydroxylation is 1. The van der Waals surface area contributed by atoms with E-state index in [1.165, 1.54) is 5.69 Å². The van der Waals surface area contributed by atoms with E-state index in [9.17, 15) is 24.0 Å². The van der Waals surface area contributed by atoms with E-state index in [4.69, 9.17) is 0 Å². The van der Waals surface area contributed by atoms with Crippen molar-refractivity contribution < 1.29 is 24.0 Å². The fraction of sp³-hybridized carbons (Fsp3) is 0.400. The molecule has 1 aliphatic carbocycles. The largest absolute Gasteiger partial charge is 0.371 e. The van der Waals surface area contributed by atoms with Crippen LogP contribution in [0.3, 0.4) is 0 Å². The van der Waals surface area contributed by atoms with Crippen molar-refractivity contribution in [2.75, 3.05) is 60.9 Å². The maximum atomic E-state index is 13.7. The molecule has 1 atom stereocenters. The third kappa shape index (κ3) is 7.50. The van der Waals surface area contributed by atoms with Crippen LogP contribution in [0.4, 0.5) is 22.9 Å². The molecule has 4 fully saturated rings. The van der Waals surface area contributed by atoms with Gasteiger partial charge in [0.1, 0.15) is 18.1 Å². The molecule has 0 radical (unpaired) electrons. The number of imide groups is 2. The van der Waals surface area contributed by atoms with Crippen LogP contribution in [-0.4, -0.2) is 122 Å². The second-order valence-electron chi connectivity index (χ2n) is 17.0. The summed E-state index contributed by atoms with van der Waals surface area (Å²) in [5.74, 6) is -0.908. The number of carbonyl (C=O) groups is 5. The van der Waals surface area contributed by atoms with Gasteiger partial charge in [0.2, 0.25) is 11.8 Å². The Morgan fingerprint density at radius 3 is 2.35 bits per heavy atom. The minimum absolute atomic E-state index is 0.0641. The molecule has 1 saturated carbocycles. The molecule has 7 heterocycles. The second kappa shape index (κ2) is 16.3. The van der Waals surface area contributed by atoms with Crippen LogP contribution < -0.4 is 25.8 Å². The number of hydrogen-bond donors (Lipinski definition) is 3. The first-order valence-corrected chi connectivity index (χ1v) is 21.5. The van der Waals surface area contributed by atoms with E-state index in [2.05, 4.69) is 79.4 Å². The Balaban J connectivity index is 0.692. The highest BCUT2D eigenvalue weighted by Gasteiger charge is 2.46. The van der Waals surface area contributed by atoms with Crippen molar-refractivity contribution in [3.63, 3.8) is 0 Å². The van der Waals surface area contributed by atoms with Gasteiger partial charge in [-0.1, -0.05) is 12.1 Å². The summed E-state index contributed by atoms with van der Waals surface area (Å²) in [5.41, 5.74) is 6.20. The number of benzene rings is 2. The lowest BCUT2D eigenvalue weighted by molar-refractivity contribution is -0.136. The molecule has 17 heteroatoms. The van der Waals surface area contributed by atoms with Gasteiger partial charge in [-0.3, -0.25) is 39.1 Å². The number of piperazine rings is 1. The maximum absolute atomic E-state index is 13.7. The Morgan fingerprint density at radius 1 is 0.823 bits per heavy atom. The van der Waals surface area contributed by atoms with E-state index >= 15 is 0 Å². The number of piperidine rings is 2. The molecule has 0 bridgehead atoms. The normalized spacial score (nSPS) is 22.1. The van der Waals surface area contributed by atoms with Gasteiger partial charge in [0.05, 0.1) is 23.1 Å². The number of imidazole rings is 1. The predicted molar refractivity (Wildman–Crippen MR) is 230 cm³/mol. The molecule has 10 rings (SSSR count). The molecule has 3 saturated heterocycles. The third-order valence-electron chi connectivity index (χ3n) is 13.1. The number of fused-ring (bicyclic) bond motifs is 2. The molecular weight excluding hydrogens is 789 g/mol. The standard InChI is InChI=1S/C45H48N12O5/c1-27-4-2-6-34(49-27)42(59)51-30-22-32(23-30)56-26-48-39-40(46-25-47-41(39)56)50-29-8-10-31(11-9-29)54-20-18-53(19-21-54)24-28-14-16-55(17-15-28)35-7-3-5-33-38(35)45(62)57(44(33)61)36-12-13-37(58)52-43(36)60/h2-11,25-26,28,30,32,36H,12-24H2,1H3,(H,51,59)(H,46,47,50)(H,52,58,60)/t30?,32?,36-/m0/s1. The van der Waals surface area contributed by atoms with Crippen LogP contribution >= 0.6 is 0 Å². The molecule has 5 amide bonds. The molecule has 62 heavy (non-hydrogen) atoms. The van der Waals surface area contributed by atoms with E-state index < -0.39 is 23.8 Å². The number of aromatic nitrogens is 5. The van der Waals surface area contributed by atoms with Gasteiger partial charge < -0.3 is 25.0 Å². The summed E-state index contributed by atoms with van der Waals surface area (Å²) in [6.45, 7) is 8.25. The van der Waals surface area contributed by atoms with E-state index in [1.807, 2.05) is 31.5 Å². The van der Waals surface area contributed by atoms with Crippen molar-refractivity contribution in [1.82, 2.24) is 44.9 Å². The van der Waals surface area contributed by atoms with Gasteiger partial charge in [-0.15, -0.1) is 0 Å². The van der Waals surface area contributed by atoms with Gasteiger partial charge in [-0.2, -0.15) is 0 Å². The van der Waals surface area contributed by atoms with Crippen molar-refractivity contribution in [2.24, 2.45) is 5.92 Å². The van der Waals surface area contributed by atoms with Crippen LogP contribution in [0.2, 0.25) is 0 Å². The van der Waals surface area contributed by atoms with Gasteiger partial charge in [0.15, 0.2) is 17.0 Å². The van der Waals surface area contributed by atoms with Gasteiger partial charge >= 0.3 is 0 Å². The summed E-state index contributed by atoms with van der Waals surface area (Å²) >= 11 is 0. The number of anilines is 4. The van der Waals surface area contributed by atoms with E-state index in [0.29, 0.717) is 34.1 Å². The first-order valence-electron chi connectivity index (χ1n) is 21.5. The van der Waals surface area contributed by atoms with Crippen LogP contribution in [0, 0.1) is 12.8 Å². The molecule has 5 aliphatic rings. The lowest BCUT2D eigenvalue weighted by Crippen LogP contribution is -2.54. The maximum Gasteiger partial charge on any atom is 0.270 e. The van der Waals surface area contributed by atoms with Gasteiger partial charge in [-0.25, -0.2) is 19.9 Å². The highest BCUT2D eigenvalue weighted by atomic mass is 16.2. The van der Waals surface area contributed by atoms with Crippen LogP contribution in [-0.2, 0) is 9.59 Å². The summed E-state index contributed by atoms with van der Waals surface area (Å²) < 4.78 is 2.07. The zero-order valence-electron chi connectivity index (χ0n) is 34.5. The monoisotopic (exact) mass is 836 g/mol. The Hall–Kier alpha value is -6.75. The molecular formula is C45H48N12O5. The van der Waals surface area contributed by atoms with Crippen molar-refractivity contribution in [2.45, 2.75) is 63.6 Å². The SMILES string of the molecule is Cc1cccc(C(=O)NC2CC(n3cnc4c(Nc5ccc(N6CCN(CC7CCN(c8cccc9c8C(=O)N([C@H]8CCC(=O)NC8=O)C9=O)CC7)CC6)cc5)ncnc43)C2)n1. The molecule has 3 aromatic heterocycles. The first kappa shape index (κ1) is 39.4. The predicted octanol–water partition coefficient (Wildman–Crippen LogP) is 3.85. The van der Waals surface area contributed by atoms with Crippen molar-refractivity contribution in [3.05, 3.63) is 95.8 Å². The Morgan fingerprint density at radius 2 is 1.60 bits per heavy atom. The Labute approximate surface area is 357 Å². The van der Waals surface area contributed by atoms with Gasteiger partial charge in [-0.05, 0) is 93.5 Å². The quantitative estimate of drug-likeness (QED) is 0.172. The number of carbonyl (C=O) groups excluding carboxylic acids is 5. The first-order chi connectivity index (χ1) is 30.2. The molecule has 0 unspecified atom stereocenters. The smallest absolute Gasteiger partial charge is 0.270 e. The molecule has 0 spiro atoms. The average Bonchev–Trinajstić information content (AvgIpc) is 3.81. The number of nitrogens with zero attached hydrogens (tertiary/aromatic N) is 9. The molecule has 5 aromatic rings. The Kier molecular flexibility index (Phi) is 10.3.